The zero-order valence-corrected chi connectivity index (χ0v) is 14.6. The summed E-state index contributed by atoms with van der Waals surface area (Å²) in [4.78, 5) is 28.8. The summed E-state index contributed by atoms with van der Waals surface area (Å²) < 4.78 is 1.47. The van der Waals surface area contributed by atoms with Gasteiger partial charge in [-0.25, -0.2) is 4.98 Å². The van der Waals surface area contributed by atoms with Crippen LogP contribution in [0.15, 0.2) is 53.6 Å². The van der Waals surface area contributed by atoms with Crippen molar-refractivity contribution in [3.63, 3.8) is 0 Å². The lowest BCUT2D eigenvalue weighted by molar-refractivity contribution is -0.121. The van der Waals surface area contributed by atoms with Crippen LogP contribution in [0.5, 0.6) is 0 Å². The van der Waals surface area contributed by atoms with Gasteiger partial charge in [0, 0.05) is 24.5 Å². The van der Waals surface area contributed by atoms with Gasteiger partial charge in [0.1, 0.15) is 0 Å². The molecule has 0 spiro atoms. The van der Waals surface area contributed by atoms with E-state index in [2.05, 4.69) is 10.3 Å². The first-order chi connectivity index (χ1) is 12.0. The molecule has 0 radical (unpaired) electrons. The van der Waals surface area contributed by atoms with Crippen LogP contribution in [0.4, 0.5) is 0 Å². The third-order valence-electron chi connectivity index (χ3n) is 4.01. The molecule has 3 rings (SSSR count). The molecule has 0 fully saturated rings. The van der Waals surface area contributed by atoms with E-state index in [1.54, 1.807) is 12.1 Å². The molecule has 128 valence electrons. The highest BCUT2D eigenvalue weighted by molar-refractivity contribution is 6.30. The normalized spacial score (nSPS) is 10.8. The van der Waals surface area contributed by atoms with E-state index in [4.69, 9.17) is 11.6 Å². The van der Waals surface area contributed by atoms with Gasteiger partial charge in [0.15, 0.2) is 0 Å². The summed E-state index contributed by atoms with van der Waals surface area (Å²) in [6, 6.07) is 12.8. The number of benzene rings is 2. The quantitative estimate of drug-likeness (QED) is 0.765. The summed E-state index contributed by atoms with van der Waals surface area (Å²) in [6.45, 7) is 2.61. The molecule has 5 nitrogen and oxygen atoms in total. The molecule has 0 saturated heterocycles. The molecule has 3 aromatic rings. The van der Waals surface area contributed by atoms with Crippen LogP contribution in [0.1, 0.15) is 17.5 Å². The zero-order valence-electron chi connectivity index (χ0n) is 13.8. The smallest absolute Gasteiger partial charge is 0.261 e. The first-order valence-electron chi connectivity index (χ1n) is 8.00. The van der Waals surface area contributed by atoms with Crippen molar-refractivity contribution in [2.45, 2.75) is 26.4 Å². The minimum atomic E-state index is -0.129. The Kier molecular flexibility index (Phi) is 5.14. The van der Waals surface area contributed by atoms with Crippen molar-refractivity contribution in [2.24, 2.45) is 0 Å². The van der Waals surface area contributed by atoms with Crippen molar-refractivity contribution in [2.75, 3.05) is 0 Å². The highest BCUT2D eigenvalue weighted by atomic mass is 35.5. The number of para-hydroxylation sites is 1. The number of fused-ring (bicyclic) bond motifs is 1. The summed E-state index contributed by atoms with van der Waals surface area (Å²) in [7, 11) is 0. The Hall–Kier alpha value is -2.66. The molecular formula is C19H18ClN3O2. The van der Waals surface area contributed by atoms with Gasteiger partial charge in [-0.15, -0.1) is 0 Å². The maximum Gasteiger partial charge on any atom is 0.261 e. The van der Waals surface area contributed by atoms with E-state index >= 15 is 0 Å². The molecule has 0 aliphatic carbocycles. The first-order valence-corrected chi connectivity index (χ1v) is 8.38. The average molecular weight is 356 g/mol. The maximum atomic E-state index is 12.5. The van der Waals surface area contributed by atoms with Crippen molar-refractivity contribution in [3.05, 3.63) is 75.3 Å². The van der Waals surface area contributed by atoms with Crippen LogP contribution in [-0.2, 0) is 17.9 Å². The molecule has 6 heteroatoms. The zero-order chi connectivity index (χ0) is 17.8. The summed E-state index contributed by atoms with van der Waals surface area (Å²) in [5.74, 6) is -0.129. The fourth-order valence-electron chi connectivity index (χ4n) is 2.65. The minimum Gasteiger partial charge on any atom is -0.352 e. The van der Waals surface area contributed by atoms with Gasteiger partial charge in [-0.2, -0.15) is 0 Å². The number of halogens is 1. The topological polar surface area (TPSA) is 64.0 Å². The molecular weight excluding hydrogens is 338 g/mol. The van der Waals surface area contributed by atoms with E-state index in [0.717, 1.165) is 11.1 Å². The number of amides is 1. The molecule has 25 heavy (non-hydrogen) atoms. The Morgan fingerprint density at radius 1 is 1.24 bits per heavy atom. The van der Waals surface area contributed by atoms with Crippen molar-refractivity contribution >= 4 is 28.4 Å². The molecule has 2 aromatic carbocycles. The number of nitrogens with zero attached hydrogens (tertiary/aromatic N) is 2. The van der Waals surface area contributed by atoms with Crippen molar-refractivity contribution in [1.82, 2.24) is 14.9 Å². The second-order valence-corrected chi connectivity index (χ2v) is 6.31. The number of aryl methyl sites for hydroxylation is 2. The third kappa shape index (κ3) is 4.06. The van der Waals surface area contributed by atoms with Crippen molar-refractivity contribution in [3.8, 4) is 0 Å². The van der Waals surface area contributed by atoms with Crippen LogP contribution in [-0.4, -0.2) is 15.5 Å². The van der Waals surface area contributed by atoms with Crippen LogP contribution < -0.4 is 10.9 Å². The van der Waals surface area contributed by atoms with Crippen LogP contribution in [0.25, 0.3) is 10.9 Å². The van der Waals surface area contributed by atoms with E-state index in [9.17, 15) is 9.59 Å². The summed E-state index contributed by atoms with van der Waals surface area (Å²) in [5, 5.41) is 4.03. The molecule has 0 saturated carbocycles. The van der Waals surface area contributed by atoms with E-state index < -0.39 is 0 Å². The predicted octanol–water partition coefficient (Wildman–Crippen LogP) is 3.06. The average Bonchev–Trinajstić information content (AvgIpc) is 2.60. The van der Waals surface area contributed by atoms with Gasteiger partial charge in [0.05, 0.1) is 17.2 Å². The van der Waals surface area contributed by atoms with Crippen LogP contribution in [0.2, 0.25) is 5.02 Å². The lowest BCUT2D eigenvalue weighted by Gasteiger charge is -2.09. The second kappa shape index (κ2) is 7.49. The Bertz CT molecular complexity index is 982. The van der Waals surface area contributed by atoms with E-state index in [1.807, 2.05) is 37.3 Å². The van der Waals surface area contributed by atoms with Crippen LogP contribution >= 0.6 is 11.6 Å². The summed E-state index contributed by atoms with van der Waals surface area (Å²) in [5.41, 5.74) is 2.47. The van der Waals surface area contributed by atoms with Gasteiger partial charge < -0.3 is 5.32 Å². The highest BCUT2D eigenvalue weighted by Gasteiger charge is 2.08. The first kappa shape index (κ1) is 17.2. The van der Waals surface area contributed by atoms with Crippen LogP contribution in [0.3, 0.4) is 0 Å². The van der Waals surface area contributed by atoms with Gasteiger partial charge in [0.25, 0.3) is 5.56 Å². The fraction of sp³-hybridized carbons (Fsp3) is 0.211. The molecule has 1 heterocycles. The van der Waals surface area contributed by atoms with Gasteiger partial charge in [-0.1, -0.05) is 35.9 Å². The SMILES string of the molecule is Cc1cccc2c(=O)n(CCC(=O)NCc3cccc(Cl)c3)cnc12. The molecule has 0 unspecified atom stereocenters. The number of aromatic nitrogens is 2. The fourth-order valence-corrected chi connectivity index (χ4v) is 2.87. The monoisotopic (exact) mass is 355 g/mol. The van der Waals surface area contributed by atoms with Crippen molar-refractivity contribution in [1.29, 1.82) is 0 Å². The Morgan fingerprint density at radius 2 is 2.04 bits per heavy atom. The Labute approximate surface area is 150 Å². The molecule has 1 N–H and O–H groups in total. The lowest BCUT2D eigenvalue weighted by atomic mass is 10.1. The number of hydrogen-bond donors (Lipinski definition) is 1. The molecule has 0 aliphatic rings. The number of nitrogens with one attached hydrogen (secondary N) is 1. The molecule has 0 aliphatic heterocycles. The standard InChI is InChI=1S/C19H18ClN3O2/c1-13-4-2-7-16-18(13)22-12-23(19(16)25)9-8-17(24)21-11-14-5-3-6-15(20)10-14/h2-7,10,12H,8-9,11H2,1H3,(H,21,24). The minimum absolute atomic E-state index is 0.128. The third-order valence-corrected chi connectivity index (χ3v) is 4.25. The van der Waals surface area contributed by atoms with Gasteiger partial charge in [0.2, 0.25) is 5.91 Å². The van der Waals surface area contributed by atoms with E-state index in [1.165, 1.54) is 10.9 Å². The van der Waals surface area contributed by atoms with Crippen molar-refractivity contribution < 1.29 is 4.79 Å². The van der Waals surface area contributed by atoms with E-state index in [0.29, 0.717) is 22.5 Å². The molecule has 1 amide bonds. The Balaban J connectivity index is 1.63. The summed E-state index contributed by atoms with van der Waals surface area (Å²) in [6.07, 6.45) is 1.71. The number of carbonyl (C=O) groups is 1. The maximum absolute atomic E-state index is 12.5. The number of rotatable bonds is 5. The second-order valence-electron chi connectivity index (χ2n) is 5.87. The van der Waals surface area contributed by atoms with E-state index in [-0.39, 0.29) is 24.4 Å². The van der Waals surface area contributed by atoms with Gasteiger partial charge in [-0.05, 0) is 36.2 Å². The Morgan fingerprint density at radius 3 is 2.84 bits per heavy atom. The molecule has 0 atom stereocenters. The lowest BCUT2D eigenvalue weighted by Crippen LogP contribution is -2.27. The predicted molar refractivity (Wildman–Crippen MR) is 98.7 cm³/mol. The van der Waals surface area contributed by atoms with Crippen LogP contribution in [0, 0.1) is 6.92 Å². The molecule has 1 aromatic heterocycles. The number of carbonyl (C=O) groups excluding carboxylic acids is 1. The van der Waals surface area contributed by atoms with Gasteiger partial charge >= 0.3 is 0 Å². The highest BCUT2D eigenvalue weighted by Crippen LogP contribution is 2.12. The number of hydrogen-bond acceptors (Lipinski definition) is 3. The van der Waals surface area contributed by atoms with Gasteiger partial charge in [-0.3, -0.25) is 14.2 Å². The largest absolute Gasteiger partial charge is 0.352 e. The summed E-state index contributed by atoms with van der Waals surface area (Å²) >= 11 is 5.92. The molecule has 0 bridgehead atoms.